The molecule has 0 heterocycles. The second-order valence-corrected chi connectivity index (χ2v) is 4.93. The lowest BCUT2D eigenvalue weighted by atomic mass is 10.1. The van der Waals surface area contributed by atoms with Gasteiger partial charge in [0.1, 0.15) is 12.4 Å². The molecule has 3 heteroatoms. The lowest BCUT2D eigenvalue weighted by Gasteiger charge is -2.17. The smallest absolute Gasteiger partial charge is 0.119 e. The molecule has 1 rings (SSSR count). The SMILES string of the molecule is CC(N)Cc1ccc(OCC(C)(C)O)cc1. The summed E-state index contributed by atoms with van der Waals surface area (Å²) in [7, 11) is 0. The first kappa shape index (κ1) is 13.0. The van der Waals surface area contributed by atoms with Gasteiger partial charge in [-0.15, -0.1) is 0 Å². The largest absolute Gasteiger partial charge is 0.491 e. The summed E-state index contributed by atoms with van der Waals surface area (Å²) < 4.78 is 5.45. The second-order valence-electron chi connectivity index (χ2n) is 4.93. The maximum Gasteiger partial charge on any atom is 0.119 e. The predicted octanol–water partition coefficient (Wildman–Crippen LogP) is 1.73. The molecule has 3 N–H and O–H groups in total. The Kier molecular flexibility index (Phi) is 4.33. The molecule has 0 radical (unpaired) electrons. The zero-order chi connectivity index (χ0) is 12.2. The van der Waals surface area contributed by atoms with Gasteiger partial charge >= 0.3 is 0 Å². The van der Waals surface area contributed by atoms with Crippen LogP contribution in [0.25, 0.3) is 0 Å². The molecule has 0 aromatic heterocycles. The van der Waals surface area contributed by atoms with Gasteiger partial charge in [-0.1, -0.05) is 12.1 Å². The molecule has 0 spiro atoms. The van der Waals surface area contributed by atoms with Crippen LogP contribution in [0.4, 0.5) is 0 Å². The Labute approximate surface area is 97.2 Å². The molecule has 90 valence electrons. The maximum absolute atomic E-state index is 9.51. The van der Waals surface area contributed by atoms with E-state index in [1.807, 2.05) is 31.2 Å². The summed E-state index contributed by atoms with van der Waals surface area (Å²) in [6.07, 6.45) is 0.867. The zero-order valence-electron chi connectivity index (χ0n) is 10.2. The quantitative estimate of drug-likeness (QED) is 0.799. The van der Waals surface area contributed by atoms with Crippen LogP contribution in [0.3, 0.4) is 0 Å². The lowest BCUT2D eigenvalue weighted by molar-refractivity contribution is 0.0285. The van der Waals surface area contributed by atoms with Gasteiger partial charge in [0.05, 0.1) is 5.60 Å². The van der Waals surface area contributed by atoms with Crippen molar-refractivity contribution in [2.75, 3.05) is 6.61 Å². The average Bonchev–Trinajstić information content (AvgIpc) is 2.14. The van der Waals surface area contributed by atoms with E-state index in [9.17, 15) is 5.11 Å². The van der Waals surface area contributed by atoms with Crippen molar-refractivity contribution in [1.29, 1.82) is 0 Å². The molecule has 0 bridgehead atoms. The first-order valence-electron chi connectivity index (χ1n) is 5.56. The van der Waals surface area contributed by atoms with Crippen molar-refractivity contribution in [1.82, 2.24) is 0 Å². The van der Waals surface area contributed by atoms with E-state index < -0.39 is 5.60 Å². The Morgan fingerprint density at radius 1 is 1.31 bits per heavy atom. The number of benzene rings is 1. The third-order valence-corrected chi connectivity index (χ3v) is 2.07. The van der Waals surface area contributed by atoms with Gasteiger partial charge in [-0.2, -0.15) is 0 Å². The number of hydrogen-bond acceptors (Lipinski definition) is 3. The molecule has 0 aliphatic heterocycles. The molecule has 0 fully saturated rings. The summed E-state index contributed by atoms with van der Waals surface area (Å²) >= 11 is 0. The molecule has 0 saturated heterocycles. The van der Waals surface area contributed by atoms with Gasteiger partial charge in [-0.25, -0.2) is 0 Å². The van der Waals surface area contributed by atoms with Gasteiger partial charge in [0.2, 0.25) is 0 Å². The topological polar surface area (TPSA) is 55.5 Å². The summed E-state index contributed by atoms with van der Waals surface area (Å²) in [5, 5.41) is 9.51. The van der Waals surface area contributed by atoms with E-state index in [1.54, 1.807) is 13.8 Å². The minimum Gasteiger partial charge on any atom is -0.491 e. The molecular formula is C13H21NO2. The van der Waals surface area contributed by atoms with Crippen molar-refractivity contribution in [3.05, 3.63) is 29.8 Å². The van der Waals surface area contributed by atoms with Crippen molar-refractivity contribution in [2.24, 2.45) is 5.73 Å². The number of nitrogens with two attached hydrogens (primary N) is 1. The molecule has 0 amide bonds. The predicted molar refractivity (Wildman–Crippen MR) is 65.6 cm³/mol. The van der Waals surface area contributed by atoms with Crippen molar-refractivity contribution < 1.29 is 9.84 Å². The zero-order valence-corrected chi connectivity index (χ0v) is 10.2. The van der Waals surface area contributed by atoms with Crippen LogP contribution >= 0.6 is 0 Å². The van der Waals surface area contributed by atoms with Gasteiger partial charge in [0, 0.05) is 6.04 Å². The van der Waals surface area contributed by atoms with Gasteiger partial charge in [-0.3, -0.25) is 0 Å². The van der Waals surface area contributed by atoms with E-state index in [2.05, 4.69) is 0 Å². The normalized spacial score (nSPS) is 13.6. The summed E-state index contributed by atoms with van der Waals surface area (Å²) in [4.78, 5) is 0. The van der Waals surface area contributed by atoms with Gasteiger partial charge in [0.15, 0.2) is 0 Å². The number of rotatable bonds is 5. The van der Waals surface area contributed by atoms with E-state index in [0.717, 1.165) is 12.2 Å². The van der Waals surface area contributed by atoms with E-state index in [-0.39, 0.29) is 6.04 Å². The molecule has 16 heavy (non-hydrogen) atoms. The van der Waals surface area contributed by atoms with Crippen LogP contribution in [-0.4, -0.2) is 23.4 Å². The standard InChI is InChI=1S/C13H21NO2/c1-10(14)8-11-4-6-12(7-5-11)16-9-13(2,3)15/h4-7,10,15H,8-9,14H2,1-3H3. The molecular weight excluding hydrogens is 202 g/mol. The van der Waals surface area contributed by atoms with Crippen LogP contribution in [0.15, 0.2) is 24.3 Å². The van der Waals surface area contributed by atoms with Gasteiger partial charge in [0.25, 0.3) is 0 Å². The highest BCUT2D eigenvalue weighted by atomic mass is 16.5. The Hall–Kier alpha value is -1.06. The second kappa shape index (κ2) is 5.32. The monoisotopic (exact) mass is 223 g/mol. The lowest BCUT2D eigenvalue weighted by Crippen LogP contribution is -2.27. The highest BCUT2D eigenvalue weighted by molar-refractivity contribution is 5.27. The van der Waals surface area contributed by atoms with Crippen molar-refractivity contribution in [2.45, 2.75) is 38.8 Å². The van der Waals surface area contributed by atoms with Gasteiger partial charge in [-0.05, 0) is 44.9 Å². The molecule has 1 atom stereocenters. The van der Waals surface area contributed by atoms with E-state index in [1.165, 1.54) is 5.56 Å². The molecule has 1 aromatic carbocycles. The minimum atomic E-state index is -0.801. The number of aliphatic hydroxyl groups is 1. The first-order chi connectivity index (χ1) is 7.37. The van der Waals surface area contributed by atoms with Gasteiger partial charge < -0.3 is 15.6 Å². The molecule has 3 nitrogen and oxygen atoms in total. The van der Waals surface area contributed by atoms with Crippen LogP contribution in [0.5, 0.6) is 5.75 Å². The van der Waals surface area contributed by atoms with Crippen LogP contribution in [-0.2, 0) is 6.42 Å². The Balaban J connectivity index is 2.51. The summed E-state index contributed by atoms with van der Waals surface area (Å²) in [5.74, 6) is 0.774. The Morgan fingerprint density at radius 3 is 2.31 bits per heavy atom. The fraction of sp³-hybridized carbons (Fsp3) is 0.538. The molecule has 0 saturated carbocycles. The van der Waals surface area contributed by atoms with E-state index in [4.69, 9.17) is 10.5 Å². The minimum absolute atomic E-state index is 0.170. The molecule has 1 aromatic rings. The van der Waals surface area contributed by atoms with Crippen LogP contribution in [0.2, 0.25) is 0 Å². The maximum atomic E-state index is 9.51. The first-order valence-corrected chi connectivity index (χ1v) is 5.56. The van der Waals surface area contributed by atoms with Crippen molar-refractivity contribution >= 4 is 0 Å². The average molecular weight is 223 g/mol. The van der Waals surface area contributed by atoms with E-state index in [0.29, 0.717) is 6.61 Å². The summed E-state index contributed by atoms with van der Waals surface area (Å²) in [5.41, 5.74) is 6.11. The van der Waals surface area contributed by atoms with Crippen molar-refractivity contribution in [3.8, 4) is 5.75 Å². The highest BCUT2D eigenvalue weighted by Gasteiger charge is 2.13. The Morgan fingerprint density at radius 2 is 1.88 bits per heavy atom. The van der Waals surface area contributed by atoms with Crippen LogP contribution in [0, 0.1) is 0 Å². The number of ether oxygens (including phenoxy) is 1. The third kappa shape index (κ3) is 5.14. The molecule has 1 unspecified atom stereocenters. The summed E-state index contributed by atoms with van der Waals surface area (Å²) in [6, 6.07) is 7.99. The fourth-order valence-electron chi connectivity index (χ4n) is 1.35. The van der Waals surface area contributed by atoms with E-state index >= 15 is 0 Å². The molecule has 0 aliphatic carbocycles. The molecule has 0 aliphatic rings. The Bertz CT molecular complexity index is 312. The number of hydrogen-bond donors (Lipinski definition) is 2. The van der Waals surface area contributed by atoms with Crippen LogP contribution < -0.4 is 10.5 Å². The van der Waals surface area contributed by atoms with Crippen molar-refractivity contribution in [3.63, 3.8) is 0 Å². The highest BCUT2D eigenvalue weighted by Crippen LogP contribution is 2.15. The fourth-order valence-corrected chi connectivity index (χ4v) is 1.35. The van der Waals surface area contributed by atoms with Crippen LogP contribution in [0.1, 0.15) is 26.3 Å². The third-order valence-electron chi connectivity index (χ3n) is 2.07. The summed E-state index contributed by atoms with van der Waals surface area (Å²) in [6.45, 7) is 5.72.